The summed E-state index contributed by atoms with van der Waals surface area (Å²) in [6.45, 7) is 6.56. The van der Waals surface area contributed by atoms with Gasteiger partial charge in [-0.25, -0.2) is 9.78 Å². The standard InChI is InChI=1S/C30H28ClN5O6SSi/c1-5-30-20(16-39-44(29(2,3)4,18-12-8-6-9-13-18)19-14-10-7-11-15-19)40-25(22(30)41-28(43)42-30)36-17-32-21-23(34-27(37)38)33-26(31)35-24(21)36/h1,6-15,17,20,22,25H,16H2,2-4H3,(H,37,38)(H,33,34,35)/t20-,22+,25-,30-/m1/s1. The Morgan fingerprint density at radius 3 is 2.39 bits per heavy atom. The lowest BCUT2D eigenvalue weighted by atomic mass is 9.93. The molecule has 2 aromatic carbocycles. The van der Waals surface area contributed by atoms with Crippen LogP contribution in [-0.4, -0.2) is 68.7 Å². The Morgan fingerprint density at radius 1 is 1.18 bits per heavy atom. The van der Waals surface area contributed by atoms with Crippen molar-refractivity contribution in [3.63, 3.8) is 0 Å². The zero-order valence-corrected chi connectivity index (χ0v) is 26.5. The molecule has 0 bridgehead atoms. The molecule has 44 heavy (non-hydrogen) atoms. The number of ether oxygens (including phenoxy) is 3. The molecule has 0 spiro atoms. The van der Waals surface area contributed by atoms with Crippen LogP contribution in [-0.2, 0) is 18.6 Å². The summed E-state index contributed by atoms with van der Waals surface area (Å²) < 4.78 is 27.3. The molecule has 2 aromatic heterocycles. The maximum atomic E-state index is 11.4. The number of nitrogens with zero attached hydrogens (tertiary/aromatic N) is 4. The van der Waals surface area contributed by atoms with Gasteiger partial charge in [0.1, 0.15) is 6.10 Å². The first-order valence-electron chi connectivity index (χ1n) is 13.7. The third-order valence-corrected chi connectivity index (χ3v) is 13.3. The van der Waals surface area contributed by atoms with Crippen LogP contribution in [0.3, 0.4) is 0 Å². The predicted octanol–water partition coefficient (Wildman–Crippen LogP) is 4.12. The number of benzene rings is 2. The number of fused-ring (bicyclic) bond motifs is 2. The number of nitrogens with one attached hydrogen (secondary N) is 1. The van der Waals surface area contributed by atoms with Crippen LogP contribution in [0.4, 0.5) is 10.6 Å². The summed E-state index contributed by atoms with van der Waals surface area (Å²) in [7, 11) is -2.98. The van der Waals surface area contributed by atoms with Crippen molar-refractivity contribution in [2.45, 2.75) is 49.8 Å². The quantitative estimate of drug-likeness (QED) is 0.131. The monoisotopic (exact) mass is 649 g/mol. The molecule has 4 atom stereocenters. The Bertz CT molecular complexity index is 1740. The maximum Gasteiger partial charge on any atom is 0.410 e. The molecule has 2 aliphatic rings. The van der Waals surface area contributed by atoms with Crippen molar-refractivity contribution in [2.24, 2.45) is 0 Å². The van der Waals surface area contributed by atoms with Gasteiger partial charge in [0.05, 0.1) is 12.9 Å². The number of imidazole rings is 1. The minimum absolute atomic E-state index is 0.0463. The van der Waals surface area contributed by atoms with E-state index in [1.165, 1.54) is 6.33 Å². The first-order valence-corrected chi connectivity index (χ1v) is 16.4. The molecule has 2 saturated heterocycles. The number of anilines is 1. The molecule has 4 heterocycles. The number of carbonyl (C=O) groups is 1. The van der Waals surface area contributed by atoms with Crippen molar-refractivity contribution in [3.05, 3.63) is 72.3 Å². The Morgan fingerprint density at radius 2 is 1.82 bits per heavy atom. The highest BCUT2D eigenvalue weighted by Crippen LogP contribution is 2.47. The van der Waals surface area contributed by atoms with Gasteiger partial charge in [-0.3, -0.25) is 9.88 Å². The predicted molar refractivity (Wildman–Crippen MR) is 170 cm³/mol. The average molecular weight is 650 g/mol. The van der Waals surface area contributed by atoms with Gasteiger partial charge < -0.3 is 23.7 Å². The van der Waals surface area contributed by atoms with Gasteiger partial charge in [-0.05, 0) is 27.0 Å². The minimum atomic E-state index is -2.98. The fraction of sp³-hybridized carbons (Fsp3) is 0.300. The number of rotatable bonds is 7. The summed E-state index contributed by atoms with van der Waals surface area (Å²) >= 11 is 11.5. The first-order chi connectivity index (χ1) is 21.0. The molecule has 2 N–H and O–H groups in total. The fourth-order valence-corrected chi connectivity index (χ4v) is 11.0. The number of hydrogen-bond donors (Lipinski definition) is 2. The van der Waals surface area contributed by atoms with Crippen LogP contribution in [0.5, 0.6) is 0 Å². The second kappa shape index (κ2) is 11.1. The molecule has 6 rings (SSSR count). The highest BCUT2D eigenvalue weighted by molar-refractivity contribution is 7.79. The van der Waals surface area contributed by atoms with Crippen LogP contribution in [0, 0.1) is 12.3 Å². The van der Waals surface area contributed by atoms with E-state index >= 15 is 0 Å². The van der Waals surface area contributed by atoms with Gasteiger partial charge in [0.25, 0.3) is 8.32 Å². The van der Waals surface area contributed by atoms with Crippen LogP contribution in [0.2, 0.25) is 10.3 Å². The number of amides is 1. The minimum Gasteiger partial charge on any atom is -0.465 e. The van der Waals surface area contributed by atoms with E-state index in [4.69, 9.17) is 48.9 Å². The van der Waals surface area contributed by atoms with Crippen molar-refractivity contribution in [1.29, 1.82) is 0 Å². The molecular formula is C30H28ClN5O6SSi. The molecule has 11 nitrogen and oxygen atoms in total. The molecule has 226 valence electrons. The summed E-state index contributed by atoms with van der Waals surface area (Å²) in [6, 6.07) is 20.4. The largest absolute Gasteiger partial charge is 0.465 e. The maximum absolute atomic E-state index is 11.4. The van der Waals surface area contributed by atoms with Gasteiger partial charge in [-0.1, -0.05) is 87.4 Å². The van der Waals surface area contributed by atoms with Crippen molar-refractivity contribution in [3.8, 4) is 12.3 Å². The van der Waals surface area contributed by atoms with E-state index in [9.17, 15) is 9.90 Å². The van der Waals surface area contributed by atoms with Crippen LogP contribution >= 0.6 is 23.8 Å². The Hall–Kier alpha value is -4.06. The average Bonchev–Trinajstić information content (AvgIpc) is 3.64. The lowest BCUT2D eigenvalue weighted by Crippen LogP contribution is -2.67. The molecule has 4 aromatic rings. The second-order valence-electron chi connectivity index (χ2n) is 11.4. The molecule has 0 radical (unpaired) electrons. The van der Waals surface area contributed by atoms with Crippen LogP contribution in [0.1, 0.15) is 27.0 Å². The van der Waals surface area contributed by atoms with Crippen molar-refractivity contribution in [2.75, 3.05) is 11.9 Å². The summed E-state index contributed by atoms with van der Waals surface area (Å²) in [5.41, 5.74) is -1.09. The smallest absolute Gasteiger partial charge is 0.410 e. The van der Waals surface area contributed by atoms with Crippen molar-refractivity contribution in [1.82, 2.24) is 19.5 Å². The van der Waals surface area contributed by atoms with E-state index in [2.05, 4.69) is 71.2 Å². The third-order valence-electron chi connectivity index (χ3n) is 7.93. The fourth-order valence-electron chi connectivity index (χ4n) is 6.08. The second-order valence-corrected chi connectivity index (χ2v) is 16.4. The first kappa shape index (κ1) is 30.0. The van der Waals surface area contributed by atoms with E-state index in [0.717, 1.165) is 10.4 Å². The van der Waals surface area contributed by atoms with Crippen LogP contribution in [0.25, 0.3) is 11.2 Å². The molecule has 0 saturated carbocycles. The molecule has 1 amide bonds. The molecule has 0 aliphatic carbocycles. The van der Waals surface area contributed by atoms with E-state index in [1.54, 1.807) is 4.57 Å². The molecular weight excluding hydrogens is 622 g/mol. The Balaban J connectivity index is 1.43. The van der Waals surface area contributed by atoms with Crippen LogP contribution < -0.4 is 15.7 Å². The topological polar surface area (TPSA) is 130 Å². The van der Waals surface area contributed by atoms with E-state index < -0.39 is 38.4 Å². The SMILES string of the molecule is C#C[C@]12OC(=S)O[C@H]1[C@H](n1cnc3c(NC(=O)O)nc(Cl)nc31)O[C@@H]2CO[Si](c1ccccc1)(c1ccccc1)C(C)(C)C. The van der Waals surface area contributed by atoms with Gasteiger partial charge >= 0.3 is 11.3 Å². The van der Waals surface area contributed by atoms with E-state index in [0.29, 0.717) is 0 Å². The lowest BCUT2D eigenvalue weighted by Gasteiger charge is -2.44. The number of carboxylic acid groups (broad SMARTS) is 1. The number of halogens is 1. The summed E-state index contributed by atoms with van der Waals surface area (Å²) in [5, 5.41) is 13.0. The third kappa shape index (κ3) is 4.79. The Kier molecular flexibility index (Phi) is 7.59. The number of terminal acetylenes is 1. The van der Waals surface area contributed by atoms with E-state index in [-0.39, 0.29) is 39.1 Å². The molecule has 0 unspecified atom stereocenters. The lowest BCUT2D eigenvalue weighted by molar-refractivity contribution is -0.0644. The van der Waals surface area contributed by atoms with Crippen molar-refractivity contribution < 1.29 is 28.5 Å². The summed E-state index contributed by atoms with van der Waals surface area (Å²) in [4.78, 5) is 23.9. The van der Waals surface area contributed by atoms with Crippen molar-refractivity contribution >= 4 is 70.8 Å². The molecule has 2 fully saturated rings. The van der Waals surface area contributed by atoms with E-state index in [1.807, 2.05) is 36.4 Å². The highest BCUT2D eigenvalue weighted by Gasteiger charge is 2.66. The molecule has 14 heteroatoms. The zero-order chi connectivity index (χ0) is 31.3. The number of thiocarbonyl (C=S) groups is 1. The summed E-state index contributed by atoms with van der Waals surface area (Å²) in [6.07, 6.45) is 3.56. The number of hydrogen-bond acceptors (Lipinski definition) is 9. The van der Waals surface area contributed by atoms with Gasteiger partial charge in [0, 0.05) is 12.2 Å². The zero-order valence-electron chi connectivity index (χ0n) is 23.9. The Labute approximate surface area is 264 Å². The van der Waals surface area contributed by atoms with Gasteiger partial charge in [0.15, 0.2) is 23.2 Å². The number of aromatic nitrogens is 4. The summed E-state index contributed by atoms with van der Waals surface area (Å²) in [5.74, 6) is 2.67. The van der Waals surface area contributed by atoms with Gasteiger partial charge in [0.2, 0.25) is 17.0 Å². The molecule has 2 aliphatic heterocycles. The highest BCUT2D eigenvalue weighted by atomic mass is 35.5. The normalized spacial score (nSPS) is 23.1. The van der Waals surface area contributed by atoms with Gasteiger partial charge in [-0.15, -0.1) is 6.42 Å². The van der Waals surface area contributed by atoms with Crippen LogP contribution in [0.15, 0.2) is 67.0 Å². The van der Waals surface area contributed by atoms with Gasteiger partial charge in [-0.2, -0.15) is 9.97 Å².